The number of nitrogens with zero attached hydrogens (tertiary/aromatic N) is 5. The molecule has 3 atom stereocenters. The molecule has 1 aromatic heterocycles. The molecular weight excluding hydrogens is 673 g/mol. The first-order chi connectivity index (χ1) is 24.2. The van der Waals surface area contributed by atoms with Gasteiger partial charge in [0.2, 0.25) is 15.9 Å². The number of hydrogen-bond donors (Lipinski definition) is 3. The van der Waals surface area contributed by atoms with Crippen LogP contribution in [0.4, 0.5) is 4.79 Å². The normalized spacial score (nSPS) is 15.7. The van der Waals surface area contributed by atoms with E-state index in [1.165, 1.54) is 33.5 Å². The molecule has 3 aromatic carbocycles. The highest BCUT2D eigenvalue weighted by Crippen LogP contribution is 2.25. The Kier molecular flexibility index (Phi) is 11.5. The van der Waals surface area contributed by atoms with Gasteiger partial charge in [0.05, 0.1) is 34.6 Å². The van der Waals surface area contributed by atoms with Crippen LogP contribution in [0.25, 0.3) is 11.0 Å². The Labute approximate surface area is 298 Å². The molecule has 0 radical (unpaired) electrons. The first kappa shape index (κ1) is 37.5. The number of amides is 4. The van der Waals surface area contributed by atoms with E-state index in [0.29, 0.717) is 5.82 Å². The number of aryl methyl sites for hydroxylation is 1. The van der Waals surface area contributed by atoms with Crippen molar-refractivity contribution in [1.82, 2.24) is 29.0 Å². The summed E-state index contributed by atoms with van der Waals surface area (Å²) >= 11 is 0. The average molecular weight is 719 g/mol. The molecule has 0 bridgehead atoms. The van der Waals surface area contributed by atoms with Crippen molar-refractivity contribution >= 4 is 38.9 Å². The number of fused-ring (bicyclic) bond motifs is 1. The number of benzene rings is 3. The number of imidazole rings is 1. The number of aromatic hydroxyl groups is 1. The summed E-state index contributed by atoms with van der Waals surface area (Å²) < 4.78 is 30.5. The van der Waals surface area contributed by atoms with E-state index in [0.717, 1.165) is 21.5 Å². The van der Waals surface area contributed by atoms with Gasteiger partial charge in [-0.15, -0.1) is 0 Å². The third-order valence-corrected chi connectivity index (χ3v) is 10.9. The van der Waals surface area contributed by atoms with Gasteiger partial charge in [0.1, 0.15) is 24.2 Å². The number of urea groups is 1. The quantitative estimate of drug-likeness (QED) is 0.157. The minimum Gasteiger partial charge on any atom is -0.508 e. The topological polar surface area (TPSA) is 165 Å². The molecule has 0 spiro atoms. The van der Waals surface area contributed by atoms with E-state index in [-0.39, 0.29) is 49.2 Å². The van der Waals surface area contributed by atoms with Gasteiger partial charge in [0.15, 0.2) is 0 Å². The van der Waals surface area contributed by atoms with E-state index in [1.807, 2.05) is 80.1 Å². The number of carbonyl (C=O) groups is 3. The van der Waals surface area contributed by atoms with Crippen molar-refractivity contribution in [2.75, 3.05) is 19.6 Å². The number of phenols is 1. The molecule has 13 nitrogen and oxygen atoms in total. The van der Waals surface area contributed by atoms with Crippen molar-refractivity contribution in [2.24, 2.45) is 18.9 Å². The second-order valence-corrected chi connectivity index (χ2v) is 15.7. The molecule has 1 aliphatic rings. The lowest BCUT2D eigenvalue weighted by atomic mass is 9.97. The van der Waals surface area contributed by atoms with Gasteiger partial charge >= 0.3 is 6.03 Å². The van der Waals surface area contributed by atoms with Crippen molar-refractivity contribution in [3.05, 3.63) is 90.3 Å². The van der Waals surface area contributed by atoms with Crippen molar-refractivity contribution < 1.29 is 33.0 Å². The fourth-order valence-corrected chi connectivity index (χ4v) is 8.04. The van der Waals surface area contributed by atoms with Crippen LogP contribution in [0.5, 0.6) is 5.75 Å². The lowest BCUT2D eigenvalue weighted by Crippen LogP contribution is -2.57. The minimum absolute atomic E-state index is 0.0444. The van der Waals surface area contributed by atoms with Crippen molar-refractivity contribution in [3.8, 4) is 5.75 Å². The van der Waals surface area contributed by atoms with Gasteiger partial charge in [0.25, 0.3) is 5.91 Å². The lowest BCUT2D eigenvalue weighted by molar-refractivity contribution is -0.129. The third kappa shape index (κ3) is 8.41. The maximum atomic E-state index is 14.2. The molecule has 272 valence electrons. The van der Waals surface area contributed by atoms with Crippen LogP contribution in [0.15, 0.2) is 83.8 Å². The van der Waals surface area contributed by atoms with E-state index in [9.17, 15) is 33.0 Å². The molecule has 1 aliphatic heterocycles. The standard InChI is InChI=1S/C37H46N6O7S/c1-24(2)20-41(51(49,50)28-17-15-27(44)16-18-28)21-32(45)30(19-26-11-7-6-8-12-26)39-36(47)35(25(3)4)43-23-34(46)42(37(43)48)22-33-38-29-13-9-10-14-31(29)40(33)5/h6-18,24-25,30,32,35,44-45H,19-23H2,1-5H3,(H,39,47)/t30-,32+,35-/m0/s1. The molecule has 4 amide bonds. The van der Waals surface area contributed by atoms with Gasteiger partial charge in [-0.05, 0) is 60.2 Å². The average Bonchev–Trinajstić information content (AvgIpc) is 3.54. The predicted molar refractivity (Wildman–Crippen MR) is 192 cm³/mol. The maximum Gasteiger partial charge on any atom is 0.328 e. The number of nitrogens with one attached hydrogen (secondary N) is 1. The van der Waals surface area contributed by atoms with Crippen LogP contribution >= 0.6 is 0 Å². The van der Waals surface area contributed by atoms with Crippen LogP contribution in [-0.4, -0.2) is 98.0 Å². The minimum atomic E-state index is -4.10. The van der Waals surface area contributed by atoms with Gasteiger partial charge in [-0.1, -0.05) is 70.2 Å². The molecule has 5 rings (SSSR count). The van der Waals surface area contributed by atoms with Gasteiger partial charge in [-0.2, -0.15) is 4.31 Å². The van der Waals surface area contributed by atoms with Crippen molar-refractivity contribution in [2.45, 2.75) is 63.7 Å². The molecule has 14 heteroatoms. The predicted octanol–water partition coefficient (Wildman–Crippen LogP) is 3.50. The number of hydrogen-bond acceptors (Lipinski definition) is 8. The maximum absolute atomic E-state index is 14.2. The van der Waals surface area contributed by atoms with Gasteiger partial charge in [0, 0.05) is 20.1 Å². The zero-order valence-electron chi connectivity index (χ0n) is 29.5. The zero-order valence-corrected chi connectivity index (χ0v) is 30.3. The number of aliphatic hydroxyl groups is 1. The molecule has 0 saturated carbocycles. The SMILES string of the molecule is CC(C)CN(C[C@@H](O)[C@H](Cc1ccccc1)NC(=O)[C@H](C(C)C)N1CC(=O)N(Cc2nc3ccccc3n2C)C1=O)S(=O)(=O)c1ccc(O)cc1. The highest BCUT2D eigenvalue weighted by Gasteiger charge is 2.45. The Morgan fingerprint density at radius 3 is 2.22 bits per heavy atom. The van der Waals surface area contributed by atoms with Gasteiger partial charge in [-0.3, -0.25) is 14.5 Å². The van der Waals surface area contributed by atoms with Crippen LogP contribution in [0.1, 0.15) is 39.1 Å². The van der Waals surface area contributed by atoms with E-state index in [1.54, 1.807) is 13.8 Å². The van der Waals surface area contributed by atoms with Crippen LogP contribution in [-0.2, 0) is 39.6 Å². The molecule has 1 saturated heterocycles. The summed E-state index contributed by atoms with van der Waals surface area (Å²) in [7, 11) is -2.28. The molecule has 0 unspecified atom stereocenters. The molecule has 51 heavy (non-hydrogen) atoms. The van der Waals surface area contributed by atoms with Crippen LogP contribution < -0.4 is 5.32 Å². The summed E-state index contributed by atoms with van der Waals surface area (Å²) in [5, 5.41) is 24.4. The summed E-state index contributed by atoms with van der Waals surface area (Å²) in [5.41, 5.74) is 2.38. The summed E-state index contributed by atoms with van der Waals surface area (Å²) in [4.78, 5) is 48.1. The molecular formula is C37H46N6O7S. The van der Waals surface area contributed by atoms with E-state index in [2.05, 4.69) is 10.3 Å². The summed E-state index contributed by atoms with van der Waals surface area (Å²) in [6, 6.07) is 19.2. The van der Waals surface area contributed by atoms with Crippen LogP contribution in [0, 0.1) is 11.8 Å². The molecule has 0 aliphatic carbocycles. The molecule has 2 heterocycles. The molecule has 4 aromatic rings. The first-order valence-electron chi connectivity index (χ1n) is 17.0. The number of imide groups is 1. The van der Waals surface area contributed by atoms with Gasteiger partial charge in [-0.25, -0.2) is 18.2 Å². The third-order valence-electron chi connectivity index (χ3n) is 9.02. The fourth-order valence-electron chi connectivity index (χ4n) is 6.42. The summed E-state index contributed by atoms with van der Waals surface area (Å²) in [6.07, 6.45) is -1.20. The largest absolute Gasteiger partial charge is 0.508 e. The van der Waals surface area contributed by atoms with Crippen LogP contribution in [0.3, 0.4) is 0 Å². The molecule has 1 fully saturated rings. The van der Waals surface area contributed by atoms with Crippen LogP contribution in [0.2, 0.25) is 0 Å². The van der Waals surface area contributed by atoms with E-state index in [4.69, 9.17) is 0 Å². The number of rotatable bonds is 15. The Hall–Kier alpha value is -4.79. The Morgan fingerprint density at radius 2 is 1.59 bits per heavy atom. The number of aromatic nitrogens is 2. The number of aliphatic hydroxyl groups excluding tert-OH is 1. The highest BCUT2D eigenvalue weighted by molar-refractivity contribution is 7.89. The number of phenolic OH excluding ortho intramolecular Hbond substituents is 1. The Morgan fingerprint density at radius 1 is 0.941 bits per heavy atom. The Bertz CT molecular complexity index is 1960. The smallest absolute Gasteiger partial charge is 0.328 e. The van der Waals surface area contributed by atoms with Crippen molar-refractivity contribution in [1.29, 1.82) is 0 Å². The van der Waals surface area contributed by atoms with E-state index >= 15 is 0 Å². The Balaban J connectivity index is 1.38. The fraction of sp³-hybridized carbons (Fsp3) is 0.405. The van der Waals surface area contributed by atoms with Crippen molar-refractivity contribution in [3.63, 3.8) is 0 Å². The monoisotopic (exact) mass is 718 g/mol. The summed E-state index contributed by atoms with van der Waals surface area (Å²) in [5.74, 6) is -1.12. The number of para-hydroxylation sites is 2. The number of sulfonamides is 1. The van der Waals surface area contributed by atoms with E-state index < -0.39 is 52.0 Å². The zero-order chi connectivity index (χ0) is 37.0. The highest BCUT2D eigenvalue weighted by atomic mass is 32.2. The van der Waals surface area contributed by atoms with Gasteiger partial charge < -0.3 is 25.0 Å². The second-order valence-electron chi connectivity index (χ2n) is 13.7. The number of carbonyl (C=O) groups excluding carboxylic acids is 3. The second kappa shape index (κ2) is 15.6. The summed E-state index contributed by atoms with van der Waals surface area (Å²) in [6.45, 7) is 6.64. The first-order valence-corrected chi connectivity index (χ1v) is 18.4. The molecule has 3 N–H and O–H groups in total. The lowest BCUT2D eigenvalue weighted by Gasteiger charge is -2.34.